The monoisotopic (exact) mass is 344 g/mol. The maximum atomic E-state index is 10.3. The molecule has 0 aromatic carbocycles. The van der Waals surface area contributed by atoms with Crippen LogP contribution < -0.4 is 0 Å². The number of hydrogen-bond donors (Lipinski definition) is 0. The first-order valence-corrected chi connectivity index (χ1v) is 11.3. The maximum Gasteiger partial charge on any atom is 0.209 e. The summed E-state index contributed by atoms with van der Waals surface area (Å²) < 4.78 is 20.6. The molecule has 0 heterocycles. The quantitative estimate of drug-likeness (QED) is 0.204. The largest absolute Gasteiger partial charge is 0.209 e. The van der Waals surface area contributed by atoms with Crippen LogP contribution in [0.1, 0.15) is 122 Å². The fourth-order valence-electron chi connectivity index (χ4n) is 3.05. The molecule has 0 rings (SSSR count). The predicted molar refractivity (Wildman–Crippen MR) is 104 cm³/mol. The van der Waals surface area contributed by atoms with Gasteiger partial charge < -0.3 is 0 Å². The number of rotatable bonds is 18. The summed E-state index contributed by atoms with van der Waals surface area (Å²) in [6.07, 6.45) is 23.9. The molecule has 138 valence electrons. The molecule has 0 unspecified atom stereocenters. The van der Waals surface area contributed by atoms with E-state index in [4.69, 9.17) is 0 Å². The fraction of sp³-hybridized carbons (Fsp3) is 0.950. The number of unbranched alkanes of at least 4 members (excludes halogenated alkanes) is 17. The summed E-state index contributed by atoms with van der Waals surface area (Å²) in [5, 5.41) is 1.38. The second kappa shape index (κ2) is 19.7. The molecule has 0 atom stereocenters. The van der Waals surface area contributed by atoms with Crippen LogP contribution in [0.3, 0.4) is 0 Å². The molecule has 0 aromatic rings. The molecule has 0 amide bonds. The van der Waals surface area contributed by atoms with E-state index in [0.717, 1.165) is 6.42 Å². The van der Waals surface area contributed by atoms with Gasteiger partial charge >= 0.3 is 0 Å². The highest BCUT2D eigenvalue weighted by atomic mass is 32.2. The molecule has 0 aliphatic heterocycles. The van der Waals surface area contributed by atoms with E-state index in [2.05, 4.69) is 6.92 Å². The second-order valence-electron chi connectivity index (χ2n) is 6.87. The van der Waals surface area contributed by atoms with Crippen molar-refractivity contribution in [3.63, 3.8) is 0 Å². The molecular weight excluding hydrogens is 304 g/mol. The van der Waals surface area contributed by atoms with Crippen molar-refractivity contribution in [3.05, 3.63) is 0 Å². The molecule has 0 aliphatic rings. The molecule has 0 fully saturated rings. The Hall–Kier alpha value is -0.310. The molecule has 0 bridgehead atoms. The zero-order chi connectivity index (χ0) is 17.0. The van der Waals surface area contributed by atoms with Crippen molar-refractivity contribution in [3.8, 4) is 0 Å². The van der Waals surface area contributed by atoms with Crippen LogP contribution in [-0.2, 0) is 10.3 Å². The van der Waals surface area contributed by atoms with Crippen LogP contribution in [0.2, 0.25) is 0 Å². The van der Waals surface area contributed by atoms with Gasteiger partial charge in [0.15, 0.2) is 0 Å². The lowest BCUT2D eigenvalue weighted by Gasteiger charge is -2.03. The molecular formula is C20H40O2S. The van der Waals surface area contributed by atoms with Gasteiger partial charge in [0.25, 0.3) is 0 Å². The van der Waals surface area contributed by atoms with Crippen LogP contribution >= 0.6 is 0 Å². The molecule has 23 heavy (non-hydrogen) atoms. The first-order chi connectivity index (χ1) is 11.3. The molecule has 0 radical (unpaired) electrons. The third-order valence-electron chi connectivity index (χ3n) is 4.56. The van der Waals surface area contributed by atoms with E-state index < -0.39 is 10.3 Å². The van der Waals surface area contributed by atoms with Crippen molar-refractivity contribution in [2.24, 2.45) is 0 Å². The molecule has 0 saturated heterocycles. The summed E-state index contributed by atoms with van der Waals surface area (Å²) >= 11 is 0. The highest BCUT2D eigenvalue weighted by Crippen LogP contribution is 2.14. The van der Waals surface area contributed by atoms with Crippen LogP contribution in [0, 0.1) is 0 Å². The summed E-state index contributed by atoms with van der Waals surface area (Å²) in [5.41, 5.74) is 0. The molecule has 0 spiro atoms. The van der Waals surface area contributed by atoms with E-state index in [0.29, 0.717) is 6.42 Å². The Labute approximate surface area is 147 Å². The summed E-state index contributed by atoms with van der Waals surface area (Å²) in [4.78, 5) is 0. The highest BCUT2D eigenvalue weighted by molar-refractivity contribution is 7.71. The Morgan fingerprint density at radius 3 is 1.13 bits per heavy atom. The standard InChI is InChI=1S/C20H40O2S/c1-2-3-4-5-6-7-8-9-10-11-12-13-14-15-16-17-18-19-20-23(21)22/h20H,2-19H2,1H3. The van der Waals surface area contributed by atoms with Gasteiger partial charge in [-0.05, 0) is 12.8 Å². The molecule has 0 aliphatic carbocycles. The van der Waals surface area contributed by atoms with Gasteiger partial charge in [0.2, 0.25) is 10.3 Å². The Balaban J connectivity index is 3.01. The Morgan fingerprint density at radius 2 is 0.826 bits per heavy atom. The third kappa shape index (κ3) is 21.7. The molecule has 3 heteroatoms. The summed E-state index contributed by atoms with van der Waals surface area (Å²) in [6, 6.07) is 0. The zero-order valence-corrected chi connectivity index (χ0v) is 16.3. The maximum absolute atomic E-state index is 10.3. The van der Waals surface area contributed by atoms with Crippen molar-refractivity contribution < 1.29 is 8.42 Å². The second-order valence-corrected chi connectivity index (χ2v) is 7.73. The lowest BCUT2D eigenvalue weighted by Crippen LogP contribution is -1.84. The zero-order valence-electron chi connectivity index (χ0n) is 15.5. The van der Waals surface area contributed by atoms with E-state index in [9.17, 15) is 8.42 Å². The SMILES string of the molecule is CCCCCCCCCCCCCCCCCCCC=S(=O)=O. The lowest BCUT2D eigenvalue weighted by atomic mass is 10.0. The minimum Gasteiger partial charge on any atom is -0.185 e. The summed E-state index contributed by atoms with van der Waals surface area (Å²) in [5.74, 6) is 0. The topological polar surface area (TPSA) is 34.1 Å². The van der Waals surface area contributed by atoms with Crippen LogP contribution in [0.15, 0.2) is 0 Å². The minimum absolute atomic E-state index is 0.717. The van der Waals surface area contributed by atoms with Gasteiger partial charge in [-0.15, -0.1) is 0 Å². The fourth-order valence-corrected chi connectivity index (χ4v) is 3.41. The van der Waals surface area contributed by atoms with Gasteiger partial charge in [0, 0.05) is 5.37 Å². The van der Waals surface area contributed by atoms with Crippen molar-refractivity contribution >= 4 is 15.7 Å². The van der Waals surface area contributed by atoms with Crippen molar-refractivity contribution in [2.45, 2.75) is 122 Å². The van der Waals surface area contributed by atoms with Crippen LogP contribution in [0.4, 0.5) is 0 Å². The van der Waals surface area contributed by atoms with E-state index in [-0.39, 0.29) is 0 Å². The van der Waals surface area contributed by atoms with Crippen LogP contribution in [0.25, 0.3) is 0 Å². The van der Waals surface area contributed by atoms with Crippen molar-refractivity contribution in [1.29, 1.82) is 0 Å². The molecule has 0 N–H and O–H groups in total. The minimum atomic E-state index is -1.96. The summed E-state index contributed by atoms with van der Waals surface area (Å²) in [6.45, 7) is 2.28. The Kier molecular flexibility index (Phi) is 19.5. The average Bonchev–Trinajstić information content (AvgIpc) is 2.53. The van der Waals surface area contributed by atoms with Gasteiger partial charge in [0.1, 0.15) is 0 Å². The smallest absolute Gasteiger partial charge is 0.185 e. The van der Waals surface area contributed by atoms with Gasteiger partial charge in [-0.3, -0.25) is 0 Å². The lowest BCUT2D eigenvalue weighted by molar-refractivity contribution is 0.528. The van der Waals surface area contributed by atoms with Crippen LogP contribution in [0.5, 0.6) is 0 Å². The average molecular weight is 345 g/mol. The first-order valence-electron chi connectivity index (χ1n) is 10.2. The van der Waals surface area contributed by atoms with Crippen LogP contribution in [-0.4, -0.2) is 13.8 Å². The van der Waals surface area contributed by atoms with Gasteiger partial charge in [-0.1, -0.05) is 110 Å². The molecule has 2 nitrogen and oxygen atoms in total. The number of hydrogen-bond acceptors (Lipinski definition) is 2. The predicted octanol–water partition coefficient (Wildman–Crippen LogP) is 6.71. The van der Waals surface area contributed by atoms with Gasteiger partial charge in [-0.25, -0.2) is 0 Å². The Bertz CT molecular complexity index is 339. The normalized spacial score (nSPS) is 10.8. The van der Waals surface area contributed by atoms with Gasteiger partial charge in [-0.2, -0.15) is 8.42 Å². The highest BCUT2D eigenvalue weighted by Gasteiger charge is 1.94. The molecule has 0 saturated carbocycles. The molecule has 0 aromatic heterocycles. The third-order valence-corrected chi connectivity index (χ3v) is 5.07. The van der Waals surface area contributed by atoms with E-state index in [1.165, 1.54) is 108 Å². The van der Waals surface area contributed by atoms with Crippen molar-refractivity contribution in [2.75, 3.05) is 0 Å². The van der Waals surface area contributed by atoms with Crippen molar-refractivity contribution in [1.82, 2.24) is 0 Å². The van der Waals surface area contributed by atoms with E-state index in [1.807, 2.05) is 0 Å². The summed E-state index contributed by atoms with van der Waals surface area (Å²) in [7, 11) is -1.96. The van der Waals surface area contributed by atoms with E-state index in [1.54, 1.807) is 0 Å². The van der Waals surface area contributed by atoms with E-state index >= 15 is 0 Å². The van der Waals surface area contributed by atoms with Gasteiger partial charge in [0.05, 0.1) is 0 Å². The Morgan fingerprint density at radius 1 is 0.522 bits per heavy atom. The first kappa shape index (κ1) is 22.7.